The van der Waals surface area contributed by atoms with Gasteiger partial charge in [-0.2, -0.15) is 0 Å². The van der Waals surface area contributed by atoms with Crippen LogP contribution in [0.2, 0.25) is 5.02 Å². The average Bonchev–Trinajstić information content (AvgIpc) is 2.70. The highest BCUT2D eigenvalue weighted by Crippen LogP contribution is 2.16. The lowest BCUT2D eigenvalue weighted by molar-refractivity contribution is -0.119. The van der Waals surface area contributed by atoms with Gasteiger partial charge in [-0.25, -0.2) is 0 Å². The predicted octanol–water partition coefficient (Wildman–Crippen LogP) is 4.65. The number of amides is 2. The number of rotatable bonds is 5. The molecule has 0 radical (unpaired) electrons. The van der Waals surface area contributed by atoms with Gasteiger partial charge in [0.2, 0.25) is 5.91 Å². The van der Waals surface area contributed by atoms with Crippen LogP contribution in [-0.4, -0.2) is 16.9 Å². The summed E-state index contributed by atoms with van der Waals surface area (Å²) in [7, 11) is 0. The zero-order valence-electron chi connectivity index (χ0n) is 15.3. The molecule has 146 valence electrons. The fourth-order valence-electron chi connectivity index (χ4n) is 2.58. The fourth-order valence-corrected chi connectivity index (χ4v) is 3.01. The summed E-state index contributed by atoms with van der Waals surface area (Å²) < 4.78 is 0. The Hall–Kier alpha value is -3.22. The summed E-state index contributed by atoms with van der Waals surface area (Å²) in [6, 6.07) is 23.1. The third-order valence-corrected chi connectivity index (χ3v) is 4.39. The number of carbonyl (C=O) groups is 2. The molecule has 3 aromatic rings. The number of hydrogen-bond donors (Lipinski definition) is 3. The van der Waals surface area contributed by atoms with Gasteiger partial charge >= 0.3 is 0 Å². The molecule has 0 fully saturated rings. The number of anilines is 2. The first-order valence-corrected chi connectivity index (χ1v) is 9.60. The third-order valence-electron chi connectivity index (χ3n) is 3.95. The van der Waals surface area contributed by atoms with Gasteiger partial charge in [-0.05, 0) is 60.2 Å². The van der Waals surface area contributed by atoms with Gasteiger partial charge in [-0.3, -0.25) is 9.59 Å². The molecule has 2 amide bonds. The maximum atomic E-state index is 12.2. The Bertz CT molecular complexity index is 1020. The minimum absolute atomic E-state index is 0.195. The standard InChI is InChI=1S/C22H18ClN3O2S/c23-17-8-4-7-16(14-17)21(28)24-18-9-11-19(12-10-18)25-22(29)26-20(27)13-15-5-2-1-3-6-15/h1-12,14H,13H2,(H,24,28)(H2,25,26,27,29). The Balaban J connectivity index is 1.51. The van der Waals surface area contributed by atoms with Crippen molar-refractivity contribution >= 4 is 52.1 Å². The van der Waals surface area contributed by atoms with Crippen molar-refractivity contribution in [3.05, 3.63) is 95.0 Å². The Morgan fingerprint density at radius 1 is 0.828 bits per heavy atom. The molecule has 0 atom stereocenters. The first kappa shape index (κ1) is 20.5. The van der Waals surface area contributed by atoms with Crippen LogP contribution in [0, 0.1) is 0 Å². The molecule has 0 heterocycles. The third kappa shape index (κ3) is 6.41. The minimum Gasteiger partial charge on any atom is -0.332 e. The van der Waals surface area contributed by atoms with Crippen LogP contribution in [0.5, 0.6) is 0 Å². The molecule has 0 aliphatic heterocycles. The first-order valence-electron chi connectivity index (χ1n) is 8.81. The van der Waals surface area contributed by atoms with Gasteiger partial charge in [0.05, 0.1) is 6.42 Å². The van der Waals surface area contributed by atoms with Crippen molar-refractivity contribution in [3.63, 3.8) is 0 Å². The smallest absolute Gasteiger partial charge is 0.255 e. The molecule has 0 unspecified atom stereocenters. The highest BCUT2D eigenvalue weighted by atomic mass is 35.5. The summed E-state index contributed by atoms with van der Waals surface area (Å²) in [6.07, 6.45) is 0.247. The first-order chi connectivity index (χ1) is 14.0. The van der Waals surface area contributed by atoms with E-state index in [0.717, 1.165) is 5.56 Å². The highest BCUT2D eigenvalue weighted by Gasteiger charge is 2.08. The van der Waals surface area contributed by atoms with E-state index in [2.05, 4.69) is 16.0 Å². The molecule has 0 bridgehead atoms. The largest absolute Gasteiger partial charge is 0.332 e. The number of hydrogen-bond acceptors (Lipinski definition) is 3. The van der Waals surface area contributed by atoms with E-state index >= 15 is 0 Å². The Morgan fingerprint density at radius 3 is 2.14 bits per heavy atom. The molecule has 0 aromatic heterocycles. The fraction of sp³-hybridized carbons (Fsp3) is 0.0455. The molecule has 3 rings (SSSR count). The summed E-state index contributed by atoms with van der Waals surface area (Å²) in [5.74, 6) is -0.448. The van der Waals surface area contributed by atoms with Crippen molar-refractivity contribution in [1.29, 1.82) is 0 Å². The monoisotopic (exact) mass is 423 g/mol. The molecular formula is C22H18ClN3O2S. The van der Waals surface area contributed by atoms with E-state index in [9.17, 15) is 9.59 Å². The summed E-state index contributed by atoms with van der Waals surface area (Å²) in [6.45, 7) is 0. The second-order valence-electron chi connectivity index (χ2n) is 6.21. The van der Waals surface area contributed by atoms with Gasteiger partial charge < -0.3 is 16.0 Å². The number of carbonyl (C=O) groups excluding carboxylic acids is 2. The zero-order valence-corrected chi connectivity index (χ0v) is 16.9. The Kier molecular flexibility index (Phi) is 6.94. The van der Waals surface area contributed by atoms with Crippen molar-refractivity contribution < 1.29 is 9.59 Å². The molecule has 0 aliphatic carbocycles. The van der Waals surface area contributed by atoms with E-state index in [4.69, 9.17) is 23.8 Å². The van der Waals surface area contributed by atoms with Crippen LogP contribution in [0.4, 0.5) is 11.4 Å². The van der Waals surface area contributed by atoms with Crippen LogP contribution in [0.1, 0.15) is 15.9 Å². The molecule has 29 heavy (non-hydrogen) atoms. The van der Waals surface area contributed by atoms with Crippen molar-refractivity contribution in [1.82, 2.24) is 5.32 Å². The number of thiocarbonyl (C=S) groups is 1. The maximum absolute atomic E-state index is 12.2. The normalized spacial score (nSPS) is 10.1. The lowest BCUT2D eigenvalue weighted by atomic mass is 10.1. The van der Waals surface area contributed by atoms with Crippen molar-refractivity contribution in [2.75, 3.05) is 10.6 Å². The van der Waals surface area contributed by atoms with Gasteiger partial charge in [0.1, 0.15) is 0 Å². The van der Waals surface area contributed by atoms with Crippen LogP contribution in [0.25, 0.3) is 0 Å². The van der Waals surface area contributed by atoms with Gasteiger partial charge in [0.15, 0.2) is 5.11 Å². The topological polar surface area (TPSA) is 70.2 Å². The molecule has 0 aliphatic rings. The van der Waals surface area contributed by atoms with E-state index in [1.165, 1.54) is 0 Å². The van der Waals surface area contributed by atoms with Crippen molar-refractivity contribution in [2.24, 2.45) is 0 Å². The van der Waals surface area contributed by atoms with E-state index in [1.807, 2.05) is 30.3 Å². The van der Waals surface area contributed by atoms with Crippen molar-refractivity contribution in [2.45, 2.75) is 6.42 Å². The quantitative estimate of drug-likeness (QED) is 0.522. The highest BCUT2D eigenvalue weighted by molar-refractivity contribution is 7.80. The van der Waals surface area contributed by atoms with Crippen molar-refractivity contribution in [3.8, 4) is 0 Å². The molecule has 5 nitrogen and oxygen atoms in total. The summed E-state index contributed by atoms with van der Waals surface area (Å²) in [5, 5.41) is 9.10. The SMILES string of the molecule is O=C(Cc1ccccc1)NC(=S)Nc1ccc(NC(=O)c2cccc(Cl)c2)cc1. The van der Waals surface area contributed by atoms with Crippen LogP contribution in [0.3, 0.4) is 0 Å². The molecule has 0 saturated heterocycles. The lowest BCUT2D eigenvalue weighted by Crippen LogP contribution is -2.35. The maximum Gasteiger partial charge on any atom is 0.255 e. The number of benzene rings is 3. The molecule has 0 saturated carbocycles. The van der Waals surface area contributed by atoms with Crippen LogP contribution >= 0.6 is 23.8 Å². The molecular weight excluding hydrogens is 406 g/mol. The molecule has 0 spiro atoms. The van der Waals surface area contributed by atoms with E-state index in [0.29, 0.717) is 22.0 Å². The predicted molar refractivity (Wildman–Crippen MR) is 120 cm³/mol. The van der Waals surface area contributed by atoms with Gasteiger partial charge in [0.25, 0.3) is 5.91 Å². The van der Waals surface area contributed by atoms with Crippen LogP contribution < -0.4 is 16.0 Å². The van der Waals surface area contributed by atoms with E-state index < -0.39 is 0 Å². The minimum atomic E-state index is -0.253. The van der Waals surface area contributed by atoms with Gasteiger partial charge in [-0.1, -0.05) is 48.0 Å². The molecule has 7 heteroatoms. The summed E-state index contributed by atoms with van der Waals surface area (Å²) in [5.41, 5.74) is 2.70. The van der Waals surface area contributed by atoms with E-state index in [1.54, 1.807) is 48.5 Å². The van der Waals surface area contributed by atoms with Crippen LogP contribution in [-0.2, 0) is 11.2 Å². The average molecular weight is 424 g/mol. The Morgan fingerprint density at radius 2 is 1.48 bits per heavy atom. The molecule has 3 aromatic carbocycles. The Labute approximate surface area is 179 Å². The zero-order chi connectivity index (χ0) is 20.6. The van der Waals surface area contributed by atoms with Crippen LogP contribution in [0.15, 0.2) is 78.9 Å². The number of nitrogens with one attached hydrogen (secondary N) is 3. The second-order valence-corrected chi connectivity index (χ2v) is 7.05. The summed E-state index contributed by atoms with van der Waals surface area (Å²) in [4.78, 5) is 24.3. The van der Waals surface area contributed by atoms with E-state index in [-0.39, 0.29) is 23.3 Å². The number of halogens is 1. The van der Waals surface area contributed by atoms with Gasteiger partial charge in [0, 0.05) is 22.0 Å². The molecule has 3 N–H and O–H groups in total. The summed E-state index contributed by atoms with van der Waals surface area (Å²) >= 11 is 11.1. The second kappa shape index (κ2) is 9.82. The lowest BCUT2D eigenvalue weighted by Gasteiger charge is -2.11. The van der Waals surface area contributed by atoms with Gasteiger partial charge in [-0.15, -0.1) is 0 Å².